The molecule has 0 saturated carbocycles. The smallest absolute Gasteiger partial charge is 0.288 e. The number of alkyl halides is 2. The highest BCUT2D eigenvalue weighted by molar-refractivity contribution is 8.46. The quantitative estimate of drug-likeness (QED) is 0.778. The number of rotatable bonds is 2. The topological polar surface area (TPSA) is 63.6 Å². The number of nitrogens with zero attached hydrogens (tertiary/aromatic N) is 4. The van der Waals surface area contributed by atoms with E-state index in [1.165, 1.54) is 0 Å². The van der Waals surface area contributed by atoms with E-state index in [-0.39, 0.29) is 10.9 Å². The fraction of sp³-hybridized carbons (Fsp3) is 0.333. The molecule has 15 heavy (non-hydrogen) atoms. The van der Waals surface area contributed by atoms with Crippen LogP contribution in [0.25, 0.3) is 0 Å². The molecule has 2 rings (SSSR count). The van der Waals surface area contributed by atoms with Crippen molar-refractivity contribution >= 4 is 30.7 Å². The highest BCUT2D eigenvalue weighted by Crippen LogP contribution is 2.15. The first-order valence-electron chi connectivity index (χ1n) is 3.75. The summed E-state index contributed by atoms with van der Waals surface area (Å²) in [6.07, 6.45) is -2.70. The van der Waals surface area contributed by atoms with Gasteiger partial charge in [0.2, 0.25) is 5.89 Å². The Morgan fingerprint density at radius 2 is 2.07 bits per heavy atom. The Bertz CT molecular complexity index is 481. The van der Waals surface area contributed by atoms with Gasteiger partial charge in [0.1, 0.15) is 0 Å². The molecular weight excluding hydrogens is 246 g/mol. The van der Waals surface area contributed by atoms with Crippen LogP contribution < -0.4 is 0 Å². The fourth-order valence-electron chi connectivity index (χ4n) is 0.898. The second-order valence-corrected chi connectivity index (χ2v) is 4.88. The standard InChI is InChI=1S/C6H4F2N4OS2/c1-2-9-10-4(13-2)6-12-11-5(3(7)8)15(6)14/h3H,1H3. The molecule has 9 heteroatoms. The summed E-state index contributed by atoms with van der Waals surface area (Å²) in [5, 5.41) is 13.8. The largest absolute Gasteiger partial charge is 0.419 e. The highest BCUT2D eigenvalue weighted by Gasteiger charge is 2.30. The van der Waals surface area contributed by atoms with Crippen LogP contribution in [0.3, 0.4) is 0 Å². The number of hydrogen-bond acceptors (Lipinski definition) is 6. The average molecular weight is 250 g/mol. The predicted molar refractivity (Wildman–Crippen MR) is 53.7 cm³/mol. The Morgan fingerprint density at radius 3 is 2.53 bits per heavy atom. The molecular formula is C6H4F2N4OS2. The Balaban J connectivity index is 2.27. The van der Waals surface area contributed by atoms with E-state index in [9.17, 15) is 8.78 Å². The van der Waals surface area contributed by atoms with Crippen molar-refractivity contribution in [1.82, 2.24) is 10.2 Å². The van der Waals surface area contributed by atoms with Crippen molar-refractivity contribution in [3.8, 4) is 0 Å². The zero-order chi connectivity index (χ0) is 11.0. The zero-order valence-electron chi connectivity index (χ0n) is 7.35. The molecule has 1 unspecified atom stereocenters. The van der Waals surface area contributed by atoms with Gasteiger partial charge in [-0.2, -0.15) is 0 Å². The van der Waals surface area contributed by atoms with Crippen LogP contribution in [0.5, 0.6) is 0 Å². The molecule has 1 aliphatic rings. The van der Waals surface area contributed by atoms with Crippen LogP contribution in [0, 0.1) is 6.92 Å². The van der Waals surface area contributed by atoms with Crippen molar-refractivity contribution in [3.63, 3.8) is 0 Å². The highest BCUT2D eigenvalue weighted by atomic mass is 32.8. The third-order valence-electron chi connectivity index (χ3n) is 1.50. The zero-order valence-corrected chi connectivity index (χ0v) is 8.98. The van der Waals surface area contributed by atoms with Gasteiger partial charge in [0.15, 0.2) is 10.1 Å². The molecule has 80 valence electrons. The van der Waals surface area contributed by atoms with Crippen LogP contribution in [0.2, 0.25) is 0 Å². The van der Waals surface area contributed by atoms with E-state index < -0.39 is 20.9 Å². The monoisotopic (exact) mass is 250 g/mol. The van der Waals surface area contributed by atoms with Crippen LogP contribution in [0.15, 0.2) is 14.6 Å². The lowest BCUT2D eigenvalue weighted by atomic mass is 10.7. The van der Waals surface area contributed by atoms with Crippen LogP contribution in [-0.4, -0.2) is 26.7 Å². The molecule has 0 bridgehead atoms. The summed E-state index contributed by atoms with van der Waals surface area (Å²) >= 11 is 4.87. The van der Waals surface area contributed by atoms with Crippen molar-refractivity contribution in [2.24, 2.45) is 10.2 Å². The first-order valence-corrected chi connectivity index (χ1v) is 5.90. The molecule has 1 aliphatic heterocycles. The Hall–Kier alpha value is -1.09. The normalized spacial score (nSPS) is 20.7. The van der Waals surface area contributed by atoms with E-state index in [4.69, 9.17) is 15.6 Å². The van der Waals surface area contributed by atoms with Crippen molar-refractivity contribution in [1.29, 1.82) is 0 Å². The van der Waals surface area contributed by atoms with Crippen LogP contribution in [0.4, 0.5) is 8.78 Å². The fourth-order valence-corrected chi connectivity index (χ4v) is 2.36. The van der Waals surface area contributed by atoms with Gasteiger partial charge in [0.05, 0.1) is 0 Å². The summed E-state index contributed by atoms with van der Waals surface area (Å²) in [6.45, 7) is 1.59. The number of aromatic nitrogens is 2. The van der Waals surface area contributed by atoms with Crippen molar-refractivity contribution in [2.75, 3.05) is 0 Å². The molecule has 0 aromatic carbocycles. The van der Waals surface area contributed by atoms with Gasteiger partial charge in [-0.15, -0.1) is 20.4 Å². The van der Waals surface area contributed by atoms with Gasteiger partial charge in [-0.3, -0.25) is 0 Å². The average Bonchev–Trinajstić information content (AvgIpc) is 2.71. The summed E-state index contributed by atoms with van der Waals surface area (Å²) in [5.41, 5.74) is 0. The molecule has 1 aromatic heterocycles. The maximum atomic E-state index is 12.4. The Labute approximate surface area is 89.9 Å². The predicted octanol–water partition coefficient (Wildman–Crippen LogP) is 0.797. The molecule has 0 radical (unpaired) electrons. The van der Waals surface area contributed by atoms with Crippen LogP contribution in [-0.2, 0) is 20.6 Å². The van der Waals surface area contributed by atoms with E-state index in [1.807, 2.05) is 0 Å². The molecule has 1 aromatic rings. The second-order valence-electron chi connectivity index (χ2n) is 2.54. The molecule has 1 atom stereocenters. The summed E-state index contributed by atoms with van der Waals surface area (Å²) < 4.78 is 29.7. The lowest BCUT2D eigenvalue weighted by Gasteiger charge is -1.98. The van der Waals surface area contributed by atoms with Crippen molar-refractivity contribution in [3.05, 3.63) is 11.8 Å². The minimum atomic E-state index is -2.70. The van der Waals surface area contributed by atoms with Gasteiger partial charge in [0, 0.05) is 6.92 Å². The number of hydrogen-bond donors (Lipinski definition) is 0. The van der Waals surface area contributed by atoms with Gasteiger partial charge in [-0.05, 0) is 20.6 Å². The third kappa shape index (κ3) is 1.84. The van der Waals surface area contributed by atoms with Crippen molar-refractivity contribution < 1.29 is 13.2 Å². The van der Waals surface area contributed by atoms with Gasteiger partial charge in [-0.1, -0.05) is 0 Å². The molecule has 0 N–H and O–H groups in total. The third-order valence-corrected chi connectivity index (χ3v) is 3.73. The Kier molecular flexibility index (Phi) is 2.65. The van der Waals surface area contributed by atoms with E-state index in [0.29, 0.717) is 5.89 Å². The second kappa shape index (κ2) is 3.81. The van der Waals surface area contributed by atoms with Gasteiger partial charge >= 0.3 is 0 Å². The molecule has 0 amide bonds. The molecule has 0 spiro atoms. The van der Waals surface area contributed by atoms with Gasteiger partial charge < -0.3 is 4.42 Å². The summed E-state index contributed by atoms with van der Waals surface area (Å²) in [7, 11) is -1.28. The van der Waals surface area contributed by atoms with Crippen molar-refractivity contribution in [2.45, 2.75) is 13.3 Å². The molecule has 2 heterocycles. The number of aryl methyl sites for hydroxylation is 1. The summed E-state index contributed by atoms with van der Waals surface area (Å²) in [6, 6.07) is 0. The van der Waals surface area contributed by atoms with E-state index in [0.717, 1.165) is 0 Å². The first kappa shape index (κ1) is 10.4. The van der Waals surface area contributed by atoms with E-state index in [2.05, 4.69) is 20.4 Å². The molecule has 0 aliphatic carbocycles. The van der Waals surface area contributed by atoms with Crippen LogP contribution >= 0.6 is 0 Å². The maximum absolute atomic E-state index is 12.4. The lowest BCUT2D eigenvalue weighted by Crippen LogP contribution is -2.19. The Morgan fingerprint density at radius 1 is 1.33 bits per heavy atom. The number of halogens is 2. The van der Waals surface area contributed by atoms with E-state index in [1.54, 1.807) is 6.92 Å². The summed E-state index contributed by atoms with van der Waals surface area (Å²) in [5.74, 6) is 0.385. The first-order chi connectivity index (χ1) is 7.09. The molecule has 5 nitrogen and oxygen atoms in total. The van der Waals surface area contributed by atoms with E-state index >= 15 is 0 Å². The minimum Gasteiger partial charge on any atom is -0.419 e. The van der Waals surface area contributed by atoms with Gasteiger partial charge in [-0.25, -0.2) is 8.78 Å². The molecule has 0 fully saturated rings. The van der Waals surface area contributed by atoms with Crippen LogP contribution in [0.1, 0.15) is 11.8 Å². The summed E-state index contributed by atoms with van der Waals surface area (Å²) in [4.78, 5) is 0. The molecule has 0 saturated heterocycles. The lowest BCUT2D eigenvalue weighted by molar-refractivity contribution is 0.229. The minimum absolute atomic E-state index is 0.0604. The SMILES string of the molecule is Cc1nnc(C2=NN=C(C(F)F)S2=S)o1. The maximum Gasteiger partial charge on any atom is 0.288 e. The van der Waals surface area contributed by atoms with Gasteiger partial charge in [0.25, 0.3) is 12.3 Å².